The Hall–Kier alpha value is 0.0969. The molecule has 3 nitrogen and oxygen atoms in total. The van der Waals surface area contributed by atoms with E-state index in [1.54, 1.807) is 0 Å². The Morgan fingerprint density at radius 1 is 1.00 bits per heavy atom. The van der Waals surface area contributed by atoms with Crippen molar-refractivity contribution in [3.63, 3.8) is 0 Å². The second kappa shape index (κ2) is 6.50. The fourth-order valence-corrected chi connectivity index (χ4v) is 3.01. The predicted octanol–water partition coefficient (Wildman–Crippen LogP) is 2.65. The molecule has 0 aromatic carbocycles. The van der Waals surface area contributed by atoms with Crippen LogP contribution in [0.4, 0.5) is 0 Å². The molecule has 0 unspecified atom stereocenters. The summed E-state index contributed by atoms with van der Waals surface area (Å²) in [5.41, 5.74) is 0. The SMILES string of the molecule is CCN1CCN(CCO[Si](C)(C)C(C)(C)C)CC1. The van der Waals surface area contributed by atoms with Crippen molar-refractivity contribution in [1.82, 2.24) is 9.80 Å². The molecule has 0 atom stereocenters. The van der Waals surface area contributed by atoms with Crippen molar-refractivity contribution in [3.8, 4) is 0 Å². The summed E-state index contributed by atoms with van der Waals surface area (Å²) in [5.74, 6) is 0. The van der Waals surface area contributed by atoms with Crippen molar-refractivity contribution in [1.29, 1.82) is 0 Å². The lowest BCUT2D eigenvalue weighted by atomic mass is 10.2. The second-order valence-corrected chi connectivity index (χ2v) is 11.7. The third kappa shape index (κ3) is 4.65. The molecule has 0 spiro atoms. The maximum Gasteiger partial charge on any atom is 0.192 e. The first kappa shape index (κ1) is 16.2. The Bertz CT molecular complexity index is 243. The largest absolute Gasteiger partial charge is 0.416 e. The zero-order valence-electron chi connectivity index (χ0n) is 13.3. The van der Waals surface area contributed by atoms with Crippen molar-refractivity contribution in [3.05, 3.63) is 0 Å². The minimum atomic E-state index is -1.55. The van der Waals surface area contributed by atoms with E-state index in [0.717, 1.165) is 13.2 Å². The van der Waals surface area contributed by atoms with Crippen LogP contribution >= 0.6 is 0 Å². The quantitative estimate of drug-likeness (QED) is 0.716. The van der Waals surface area contributed by atoms with E-state index in [-0.39, 0.29) is 0 Å². The van der Waals surface area contributed by atoms with Crippen LogP contribution < -0.4 is 0 Å². The maximum absolute atomic E-state index is 6.23. The van der Waals surface area contributed by atoms with Gasteiger partial charge in [-0.1, -0.05) is 27.7 Å². The van der Waals surface area contributed by atoms with E-state index >= 15 is 0 Å². The molecule has 0 aromatic heterocycles. The van der Waals surface area contributed by atoms with E-state index in [2.05, 4.69) is 50.6 Å². The summed E-state index contributed by atoms with van der Waals surface area (Å²) in [5, 5.41) is 0.327. The molecule has 0 aliphatic carbocycles. The first-order chi connectivity index (χ1) is 8.26. The molecule has 1 aliphatic heterocycles. The van der Waals surface area contributed by atoms with Crippen LogP contribution in [0.15, 0.2) is 0 Å². The molecule has 1 aliphatic rings. The molecule has 4 heteroatoms. The molecular weight excluding hydrogens is 240 g/mol. The Morgan fingerprint density at radius 2 is 1.50 bits per heavy atom. The lowest BCUT2D eigenvalue weighted by molar-refractivity contribution is 0.118. The predicted molar refractivity (Wildman–Crippen MR) is 81.7 cm³/mol. The van der Waals surface area contributed by atoms with E-state index in [0.29, 0.717) is 5.04 Å². The topological polar surface area (TPSA) is 15.7 Å². The molecule has 0 bridgehead atoms. The zero-order valence-corrected chi connectivity index (χ0v) is 14.3. The first-order valence-corrected chi connectivity index (χ1v) is 10.3. The lowest BCUT2D eigenvalue weighted by Gasteiger charge is -2.38. The highest BCUT2D eigenvalue weighted by Gasteiger charge is 2.37. The standard InChI is InChI=1S/C14H32N2OSi/c1-7-15-8-10-16(11-9-15)12-13-17-18(5,6)14(2,3)4/h7-13H2,1-6H3. The Balaban J connectivity index is 2.23. The van der Waals surface area contributed by atoms with Crippen LogP contribution in [0.25, 0.3) is 0 Å². The van der Waals surface area contributed by atoms with Gasteiger partial charge in [0.2, 0.25) is 0 Å². The van der Waals surface area contributed by atoms with Crippen LogP contribution in [0.1, 0.15) is 27.7 Å². The van der Waals surface area contributed by atoms with Gasteiger partial charge < -0.3 is 9.33 Å². The molecule has 1 rings (SSSR count). The summed E-state index contributed by atoms with van der Waals surface area (Å²) in [6, 6.07) is 0. The minimum absolute atomic E-state index is 0.327. The van der Waals surface area contributed by atoms with Crippen molar-refractivity contribution in [2.75, 3.05) is 45.9 Å². The normalized spacial score (nSPS) is 20.3. The highest BCUT2D eigenvalue weighted by atomic mass is 28.4. The number of rotatable bonds is 5. The molecule has 108 valence electrons. The third-order valence-electron chi connectivity index (χ3n) is 4.59. The van der Waals surface area contributed by atoms with Crippen LogP contribution in [0, 0.1) is 0 Å². The molecule has 18 heavy (non-hydrogen) atoms. The lowest BCUT2D eigenvalue weighted by Crippen LogP contribution is -2.48. The van der Waals surface area contributed by atoms with Crippen molar-refractivity contribution in [2.45, 2.75) is 45.8 Å². The number of piperazine rings is 1. The van der Waals surface area contributed by atoms with Gasteiger partial charge in [-0.25, -0.2) is 0 Å². The average molecular weight is 273 g/mol. The van der Waals surface area contributed by atoms with Gasteiger partial charge in [0.25, 0.3) is 0 Å². The number of hydrogen-bond donors (Lipinski definition) is 0. The van der Waals surface area contributed by atoms with Gasteiger partial charge in [-0.2, -0.15) is 0 Å². The molecule has 0 amide bonds. The number of hydrogen-bond acceptors (Lipinski definition) is 3. The van der Waals surface area contributed by atoms with E-state index < -0.39 is 8.32 Å². The summed E-state index contributed by atoms with van der Waals surface area (Å²) >= 11 is 0. The molecule has 0 N–H and O–H groups in total. The van der Waals surface area contributed by atoms with Gasteiger partial charge in [0.1, 0.15) is 0 Å². The molecule has 1 saturated heterocycles. The highest BCUT2D eigenvalue weighted by Crippen LogP contribution is 2.36. The molecule has 1 fully saturated rings. The van der Waals surface area contributed by atoms with Gasteiger partial charge in [0.15, 0.2) is 8.32 Å². The molecule has 0 aromatic rings. The summed E-state index contributed by atoms with van der Waals surface area (Å²) < 4.78 is 6.23. The Kier molecular flexibility index (Phi) is 5.84. The van der Waals surface area contributed by atoms with Gasteiger partial charge in [0.05, 0.1) is 0 Å². The van der Waals surface area contributed by atoms with Crippen molar-refractivity contribution >= 4 is 8.32 Å². The van der Waals surface area contributed by atoms with Gasteiger partial charge in [-0.15, -0.1) is 0 Å². The summed E-state index contributed by atoms with van der Waals surface area (Å²) in [7, 11) is -1.55. The smallest absolute Gasteiger partial charge is 0.192 e. The van der Waals surface area contributed by atoms with E-state index in [9.17, 15) is 0 Å². The minimum Gasteiger partial charge on any atom is -0.416 e. The average Bonchev–Trinajstić information content (AvgIpc) is 2.28. The van der Waals surface area contributed by atoms with Gasteiger partial charge in [-0.3, -0.25) is 4.90 Å². The van der Waals surface area contributed by atoms with Crippen molar-refractivity contribution < 1.29 is 4.43 Å². The number of nitrogens with zero attached hydrogens (tertiary/aromatic N) is 2. The summed E-state index contributed by atoms with van der Waals surface area (Å²) in [4.78, 5) is 5.06. The van der Waals surface area contributed by atoms with E-state index in [4.69, 9.17) is 4.43 Å². The van der Waals surface area contributed by atoms with Gasteiger partial charge in [0, 0.05) is 39.3 Å². The summed E-state index contributed by atoms with van der Waals surface area (Å²) in [6.07, 6.45) is 0. The van der Waals surface area contributed by atoms with Crippen LogP contribution in [-0.4, -0.2) is 64.0 Å². The summed E-state index contributed by atoms with van der Waals surface area (Å²) in [6.45, 7) is 21.9. The van der Waals surface area contributed by atoms with Crippen molar-refractivity contribution in [2.24, 2.45) is 0 Å². The first-order valence-electron chi connectivity index (χ1n) is 7.35. The maximum atomic E-state index is 6.23. The Morgan fingerprint density at radius 3 is 1.94 bits per heavy atom. The molecule has 0 saturated carbocycles. The fraction of sp³-hybridized carbons (Fsp3) is 1.00. The molecular formula is C14H32N2OSi. The zero-order chi connectivity index (χ0) is 13.8. The second-order valence-electron chi connectivity index (χ2n) is 6.88. The van der Waals surface area contributed by atoms with Crippen LogP contribution in [0.2, 0.25) is 18.1 Å². The monoisotopic (exact) mass is 272 g/mol. The van der Waals surface area contributed by atoms with Gasteiger partial charge in [-0.05, 0) is 24.7 Å². The van der Waals surface area contributed by atoms with E-state index in [1.165, 1.54) is 32.7 Å². The van der Waals surface area contributed by atoms with Crippen LogP contribution in [-0.2, 0) is 4.43 Å². The van der Waals surface area contributed by atoms with Gasteiger partial charge >= 0.3 is 0 Å². The third-order valence-corrected chi connectivity index (χ3v) is 9.13. The molecule has 0 radical (unpaired) electrons. The van der Waals surface area contributed by atoms with Crippen LogP contribution in [0.3, 0.4) is 0 Å². The number of likely N-dealkylation sites (N-methyl/N-ethyl adjacent to an activating group) is 1. The Labute approximate surface area is 115 Å². The van der Waals surface area contributed by atoms with E-state index in [1.807, 2.05) is 0 Å². The highest BCUT2D eigenvalue weighted by molar-refractivity contribution is 6.74. The fourth-order valence-electron chi connectivity index (χ4n) is 1.98. The van der Waals surface area contributed by atoms with Crippen LogP contribution in [0.5, 0.6) is 0 Å². The molecule has 1 heterocycles.